The largest absolute Gasteiger partial charge is 0.437 e. The molecule has 1 aromatic carbocycles. The average molecular weight is 359 g/mol. The van der Waals surface area contributed by atoms with Crippen LogP contribution in [0.25, 0.3) is 0 Å². The molecule has 2 rings (SSSR count). The summed E-state index contributed by atoms with van der Waals surface area (Å²) in [6.45, 7) is 0. The van der Waals surface area contributed by atoms with Gasteiger partial charge in [-0.05, 0) is 18.4 Å². The minimum Gasteiger partial charge on any atom is -0.298 e. The van der Waals surface area contributed by atoms with E-state index in [9.17, 15) is 23.3 Å². The molecule has 11 heteroatoms. The number of non-ortho nitro benzene ring substituents is 1. The maximum Gasteiger partial charge on any atom is 0.437 e. The van der Waals surface area contributed by atoms with Crippen molar-refractivity contribution in [2.24, 2.45) is 5.16 Å². The smallest absolute Gasteiger partial charge is 0.298 e. The number of nitrogens with one attached hydrogen (secondary N) is 1. The predicted molar refractivity (Wildman–Crippen MR) is 86.6 cm³/mol. The molecule has 1 amide bonds. The van der Waals surface area contributed by atoms with Gasteiger partial charge in [0.05, 0.1) is 27.4 Å². The molecule has 9 nitrogen and oxygen atoms in total. The van der Waals surface area contributed by atoms with Gasteiger partial charge in [0.25, 0.3) is 5.69 Å². The van der Waals surface area contributed by atoms with Crippen LogP contribution in [-0.2, 0) is 14.7 Å². The molecule has 1 aliphatic rings. The lowest BCUT2D eigenvalue weighted by Crippen LogP contribution is -2.17. The third-order valence-corrected chi connectivity index (χ3v) is 5.80. The fraction of sp³-hybridized carbons (Fsp3) is 0.333. The third-order valence-electron chi connectivity index (χ3n) is 3.00. The van der Waals surface area contributed by atoms with Crippen molar-refractivity contribution < 1.29 is 23.0 Å². The van der Waals surface area contributed by atoms with Gasteiger partial charge in [-0.25, -0.2) is 13.2 Å². The van der Waals surface area contributed by atoms with Crippen molar-refractivity contribution in [3.63, 3.8) is 0 Å². The lowest BCUT2D eigenvalue weighted by Gasteiger charge is -2.05. The molecule has 0 bridgehead atoms. The molecule has 1 N–H and O–H groups in total. The number of nitro benzene ring substituents is 1. The van der Waals surface area contributed by atoms with Crippen LogP contribution in [0, 0.1) is 10.1 Å². The summed E-state index contributed by atoms with van der Waals surface area (Å²) in [6.07, 6.45) is 0.841. The van der Waals surface area contributed by atoms with Crippen molar-refractivity contribution >= 4 is 44.8 Å². The maximum absolute atomic E-state index is 11.6. The highest BCUT2D eigenvalue weighted by Crippen LogP contribution is 2.21. The molecule has 1 unspecified atom stereocenters. The number of amides is 1. The average Bonchev–Trinajstić information content (AvgIpc) is 2.80. The Hall–Kier alpha value is -2.14. The van der Waals surface area contributed by atoms with E-state index in [1.54, 1.807) is 6.26 Å². The molecule has 1 saturated heterocycles. The number of nitro groups is 1. The molecule has 1 atom stereocenters. The van der Waals surface area contributed by atoms with E-state index >= 15 is 0 Å². The Labute approximate surface area is 136 Å². The quantitative estimate of drug-likeness (QED) is 0.492. The lowest BCUT2D eigenvalue weighted by molar-refractivity contribution is -0.384. The summed E-state index contributed by atoms with van der Waals surface area (Å²) in [5.74, 6) is -0.260. The zero-order chi connectivity index (χ0) is 17.0. The molecule has 0 aromatic heterocycles. The first kappa shape index (κ1) is 17.2. The minimum atomic E-state index is -3.20. The molecule has 1 fully saturated rings. The Morgan fingerprint density at radius 3 is 2.65 bits per heavy atom. The number of carbonyl (C=O) groups excluding carboxylic acids is 1. The van der Waals surface area contributed by atoms with Gasteiger partial charge in [0.1, 0.15) is 0 Å². The fourth-order valence-corrected chi connectivity index (χ4v) is 5.05. The van der Waals surface area contributed by atoms with E-state index in [0.29, 0.717) is 5.69 Å². The number of nitrogens with zero attached hydrogens (tertiary/aromatic N) is 2. The predicted octanol–water partition coefficient (Wildman–Crippen LogP) is 1.66. The standard InChI is InChI=1S/C12H13N3O6S2/c1-22-11-7-23(19,20)6-10(11)14-21-12(16)13-8-2-4-9(5-3-8)15(17)18/h2-5,11H,6-7H2,1H3,(H,13,16)/b14-10+. The second-order valence-corrected chi connectivity index (χ2v) is 7.82. The van der Waals surface area contributed by atoms with Crippen molar-refractivity contribution in [3.05, 3.63) is 34.4 Å². The summed E-state index contributed by atoms with van der Waals surface area (Å²) in [5, 5.41) is 16.1. The van der Waals surface area contributed by atoms with E-state index in [1.165, 1.54) is 36.0 Å². The molecule has 1 aromatic rings. The molecule has 0 radical (unpaired) electrons. The Bertz CT molecular complexity index is 745. The van der Waals surface area contributed by atoms with Gasteiger partial charge in [-0.15, -0.1) is 0 Å². The highest BCUT2D eigenvalue weighted by molar-refractivity contribution is 8.02. The van der Waals surface area contributed by atoms with Gasteiger partial charge in [-0.3, -0.25) is 20.3 Å². The molecular formula is C12H13N3O6S2. The maximum atomic E-state index is 11.6. The molecule has 1 heterocycles. The second-order valence-electron chi connectivity index (χ2n) is 4.67. The zero-order valence-electron chi connectivity index (χ0n) is 12.0. The lowest BCUT2D eigenvalue weighted by atomic mass is 10.3. The number of hydrogen-bond donors (Lipinski definition) is 1. The van der Waals surface area contributed by atoms with Gasteiger partial charge in [-0.2, -0.15) is 11.8 Å². The van der Waals surface area contributed by atoms with Crippen LogP contribution < -0.4 is 5.32 Å². The summed E-state index contributed by atoms with van der Waals surface area (Å²) in [6, 6.07) is 5.15. The topological polar surface area (TPSA) is 128 Å². The van der Waals surface area contributed by atoms with Crippen LogP contribution in [0.2, 0.25) is 0 Å². The summed E-state index contributed by atoms with van der Waals surface area (Å²) in [4.78, 5) is 26.2. The van der Waals surface area contributed by atoms with Crippen LogP contribution in [0.5, 0.6) is 0 Å². The first-order chi connectivity index (χ1) is 10.8. The van der Waals surface area contributed by atoms with Crippen molar-refractivity contribution in [1.29, 1.82) is 0 Å². The third kappa shape index (κ3) is 4.66. The van der Waals surface area contributed by atoms with Crippen LogP contribution in [0.15, 0.2) is 29.4 Å². The van der Waals surface area contributed by atoms with Crippen molar-refractivity contribution in [2.75, 3.05) is 23.1 Å². The van der Waals surface area contributed by atoms with E-state index in [-0.39, 0.29) is 28.2 Å². The van der Waals surface area contributed by atoms with Gasteiger partial charge in [0.15, 0.2) is 9.84 Å². The molecule has 1 aliphatic heterocycles. The number of thioether (sulfide) groups is 1. The first-order valence-corrected chi connectivity index (χ1v) is 9.44. The van der Waals surface area contributed by atoms with E-state index in [2.05, 4.69) is 15.3 Å². The highest BCUT2D eigenvalue weighted by Gasteiger charge is 2.34. The van der Waals surface area contributed by atoms with Gasteiger partial charge in [0.2, 0.25) is 0 Å². The summed E-state index contributed by atoms with van der Waals surface area (Å²) >= 11 is 1.32. The Morgan fingerprint density at radius 1 is 1.43 bits per heavy atom. The first-order valence-electron chi connectivity index (χ1n) is 6.33. The van der Waals surface area contributed by atoms with Crippen LogP contribution >= 0.6 is 11.8 Å². The number of anilines is 1. The zero-order valence-corrected chi connectivity index (χ0v) is 13.6. The Balaban J connectivity index is 1.97. The fourth-order valence-electron chi connectivity index (χ4n) is 1.90. The van der Waals surface area contributed by atoms with E-state index in [4.69, 9.17) is 0 Å². The van der Waals surface area contributed by atoms with Crippen LogP contribution in [0.4, 0.5) is 16.2 Å². The molecular weight excluding hydrogens is 346 g/mol. The van der Waals surface area contributed by atoms with Crippen LogP contribution in [0.1, 0.15) is 0 Å². The van der Waals surface area contributed by atoms with Gasteiger partial charge in [-0.1, -0.05) is 5.16 Å². The summed E-state index contributed by atoms with van der Waals surface area (Å²) < 4.78 is 23.1. The molecule has 0 spiro atoms. The van der Waals surface area contributed by atoms with E-state index in [1.807, 2.05) is 0 Å². The van der Waals surface area contributed by atoms with E-state index in [0.717, 1.165) is 0 Å². The number of oxime groups is 1. The van der Waals surface area contributed by atoms with Gasteiger partial charge >= 0.3 is 6.09 Å². The minimum absolute atomic E-state index is 0.0274. The van der Waals surface area contributed by atoms with Crippen molar-refractivity contribution in [2.45, 2.75) is 5.25 Å². The SMILES string of the molecule is CSC1CS(=O)(=O)C/C1=N\OC(=O)Nc1ccc([N+](=O)[O-])cc1. The van der Waals surface area contributed by atoms with Crippen LogP contribution in [0.3, 0.4) is 0 Å². The number of rotatable bonds is 4. The monoisotopic (exact) mass is 359 g/mol. The molecule has 0 saturated carbocycles. The number of hydrogen-bond acceptors (Lipinski definition) is 8. The van der Waals surface area contributed by atoms with Crippen molar-refractivity contribution in [1.82, 2.24) is 0 Å². The summed E-state index contributed by atoms with van der Waals surface area (Å²) in [7, 11) is -3.20. The second kappa shape index (κ2) is 6.96. The van der Waals surface area contributed by atoms with Crippen LogP contribution in [-0.4, -0.2) is 48.2 Å². The van der Waals surface area contributed by atoms with Gasteiger partial charge < -0.3 is 0 Å². The number of benzene rings is 1. The van der Waals surface area contributed by atoms with Crippen molar-refractivity contribution in [3.8, 4) is 0 Å². The Kier molecular flexibility index (Phi) is 5.21. The van der Waals surface area contributed by atoms with Gasteiger partial charge in [0, 0.05) is 17.8 Å². The highest BCUT2D eigenvalue weighted by atomic mass is 32.2. The molecule has 23 heavy (non-hydrogen) atoms. The number of carbonyl (C=O) groups is 1. The number of sulfone groups is 1. The summed E-state index contributed by atoms with van der Waals surface area (Å²) in [5.41, 5.74) is 0.473. The Morgan fingerprint density at radius 2 is 2.09 bits per heavy atom. The molecule has 124 valence electrons. The van der Waals surface area contributed by atoms with E-state index < -0.39 is 20.9 Å². The normalized spacial score (nSPS) is 21.1. The molecule has 0 aliphatic carbocycles.